The highest BCUT2D eigenvalue weighted by Gasteiger charge is 2.10. The molecule has 0 saturated heterocycles. The number of thiocarbonyl (C=S) groups is 1. The van der Waals surface area contributed by atoms with Gasteiger partial charge in [-0.3, -0.25) is 15.4 Å². The van der Waals surface area contributed by atoms with Crippen LogP contribution in [0.3, 0.4) is 0 Å². The summed E-state index contributed by atoms with van der Waals surface area (Å²) < 4.78 is 0. The van der Waals surface area contributed by atoms with Crippen molar-refractivity contribution < 1.29 is 4.79 Å². The lowest BCUT2D eigenvalue weighted by Gasteiger charge is -2.06. The van der Waals surface area contributed by atoms with Crippen LogP contribution in [0.15, 0.2) is 24.3 Å². The van der Waals surface area contributed by atoms with E-state index in [4.69, 9.17) is 23.8 Å². The Bertz CT molecular complexity index is 657. The predicted molar refractivity (Wildman–Crippen MR) is 87.9 cm³/mol. The minimum Gasteiger partial charge on any atom is -0.299 e. The first-order valence-corrected chi connectivity index (χ1v) is 7.53. The minimum atomic E-state index is -0.340. The van der Waals surface area contributed by atoms with Crippen LogP contribution in [-0.2, 0) is 6.54 Å². The van der Waals surface area contributed by atoms with Gasteiger partial charge in [-0.2, -0.15) is 4.80 Å². The zero-order valence-electron chi connectivity index (χ0n) is 11.9. The van der Waals surface area contributed by atoms with E-state index >= 15 is 0 Å². The molecular weight excluding hydrogens is 324 g/mol. The normalized spacial score (nSPS) is 10.3. The quantitative estimate of drug-likeness (QED) is 0.813. The highest BCUT2D eigenvalue weighted by atomic mass is 35.5. The van der Waals surface area contributed by atoms with Crippen molar-refractivity contribution in [3.63, 3.8) is 0 Å². The summed E-state index contributed by atoms with van der Waals surface area (Å²) in [6.07, 6.45) is 2.01. The highest BCUT2D eigenvalue weighted by Crippen LogP contribution is 2.09. The summed E-state index contributed by atoms with van der Waals surface area (Å²) in [5, 5.41) is 17.7. The Morgan fingerprint density at radius 1 is 1.36 bits per heavy atom. The number of hydrogen-bond donors (Lipinski definition) is 2. The second kappa shape index (κ2) is 7.81. The fraction of sp³-hybridized carbons (Fsp3) is 0.308. The van der Waals surface area contributed by atoms with E-state index in [1.165, 1.54) is 4.80 Å². The molecule has 1 aromatic heterocycles. The summed E-state index contributed by atoms with van der Waals surface area (Å²) in [5.74, 6) is -0.0925. The minimum absolute atomic E-state index is 0.106. The number of carbonyl (C=O) groups excluding carboxylic acids is 1. The number of rotatable bonds is 5. The Kier molecular flexibility index (Phi) is 5.79. The van der Waals surface area contributed by atoms with Crippen LogP contribution >= 0.6 is 23.8 Å². The van der Waals surface area contributed by atoms with E-state index in [9.17, 15) is 4.79 Å². The van der Waals surface area contributed by atoms with Crippen molar-refractivity contribution >= 4 is 40.8 Å². The number of halogens is 1. The molecule has 1 heterocycles. The maximum atomic E-state index is 12.0. The molecule has 0 fully saturated rings. The lowest BCUT2D eigenvalue weighted by molar-refractivity contribution is 0.0978. The fourth-order valence-corrected chi connectivity index (χ4v) is 1.91. The molecule has 0 atom stereocenters. The van der Waals surface area contributed by atoms with Gasteiger partial charge in [0.25, 0.3) is 11.9 Å². The molecule has 0 unspecified atom stereocenters. The molecule has 0 aliphatic heterocycles. The largest absolute Gasteiger partial charge is 0.299 e. The Morgan fingerprint density at radius 3 is 2.77 bits per heavy atom. The van der Waals surface area contributed by atoms with Crippen LogP contribution in [0.4, 0.5) is 5.95 Å². The van der Waals surface area contributed by atoms with Gasteiger partial charge in [-0.1, -0.05) is 30.0 Å². The molecule has 0 aliphatic carbocycles. The molecule has 7 nitrogen and oxygen atoms in total. The van der Waals surface area contributed by atoms with Crippen molar-refractivity contribution in [1.82, 2.24) is 25.5 Å². The van der Waals surface area contributed by atoms with Gasteiger partial charge in [0.05, 0.1) is 6.54 Å². The van der Waals surface area contributed by atoms with Crippen LogP contribution < -0.4 is 10.6 Å². The van der Waals surface area contributed by atoms with Crippen molar-refractivity contribution in [2.75, 3.05) is 5.32 Å². The number of benzene rings is 1. The average Bonchev–Trinajstić information content (AvgIpc) is 2.93. The van der Waals surface area contributed by atoms with Crippen molar-refractivity contribution in [3.8, 4) is 0 Å². The Hall–Kier alpha value is -2.06. The first-order valence-electron chi connectivity index (χ1n) is 6.74. The molecule has 0 saturated carbocycles. The molecule has 1 aromatic carbocycles. The summed E-state index contributed by atoms with van der Waals surface area (Å²) in [7, 11) is 0. The van der Waals surface area contributed by atoms with E-state index in [1.54, 1.807) is 24.3 Å². The first kappa shape index (κ1) is 16.3. The second-order valence-electron chi connectivity index (χ2n) is 4.48. The second-order valence-corrected chi connectivity index (χ2v) is 5.32. The standard InChI is InChI=1S/C13H15ClN6OS/c1-2-3-8-20-18-12(17-19-20)16-13(22)15-11(21)9-4-6-10(14)7-5-9/h4-7H,2-3,8H2,1H3,(H2,15,16,18,21,22). The molecule has 1 amide bonds. The monoisotopic (exact) mass is 338 g/mol. The van der Waals surface area contributed by atoms with E-state index in [-0.39, 0.29) is 17.0 Å². The molecule has 9 heteroatoms. The summed E-state index contributed by atoms with van der Waals surface area (Å²) >= 11 is 10.8. The van der Waals surface area contributed by atoms with E-state index in [2.05, 4.69) is 33.0 Å². The van der Waals surface area contributed by atoms with Crippen LogP contribution in [0.1, 0.15) is 30.1 Å². The molecule has 2 N–H and O–H groups in total. The number of carbonyl (C=O) groups is 1. The lowest BCUT2D eigenvalue weighted by Crippen LogP contribution is -2.34. The zero-order valence-corrected chi connectivity index (χ0v) is 13.5. The third-order valence-electron chi connectivity index (χ3n) is 2.72. The fourth-order valence-electron chi connectivity index (χ4n) is 1.60. The van der Waals surface area contributed by atoms with Crippen LogP contribution in [0, 0.1) is 0 Å². The number of nitrogens with one attached hydrogen (secondary N) is 2. The Balaban J connectivity index is 1.88. The van der Waals surface area contributed by atoms with Gasteiger partial charge in [0.15, 0.2) is 5.11 Å². The molecule has 2 rings (SSSR count). The molecule has 0 bridgehead atoms. The van der Waals surface area contributed by atoms with Crippen molar-refractivity contribution in [1.29, 1.82) is 0 Å². The van der Waals surface area contributed by atoms with E-state index < -0.39 is 0 Å². The molecule has 0 spiro atoms. The lowest BCUT2D eigenvalue weighted by atomic mass is 10.2. The molecule has 22 heavy (non-hydrogen) atoms. The molecule has 116 valence electrons. The van der Waals surface area contributed by atoms with Crippen molar-refractivity contribution in [2.45, 2.75) is 26.3 Å². The van der Waals surface area contributed by atoms with Gasteiger partial charge in [0, 0.05) is 10.6 Å². The van der Waals surface area contributed by atoms with Gasteiger partial charge in [-0.25, -0.2) is 0 Å². The SMILES string of the molecule is CCCCn1nnc(NC(=S)NC(=O)c2ccc(Cl)cc2)n1. The van der Waals surface area contributed by atoms with Crippen molar-refractivity contribution in [2.24, 2.45) is 0 Å². The van der Waals surface area contributed by atoms with Crippen LogP contribution in [0.2, 0.25) is 5.02 Å². The third kappa shape index (κ3) is 4.74. The number of hydrogen-bond acceptors (Lipinski definition) is 5. The molecule has 2 aromatic rings. The van der Waals surface area contributed by atoms with Gasteiger partial charge < -0.3 is 0 Å². The maximum Gasteiger partial charge on any atom is 0.269 e. The summed E-state index contributed by atoms with van der Waals surface area (Å²) in [6, 6.07) is 6.49. The van der Waals surface area contributed by atoms with Gasteiger partial charge in [0.2, 0.25) is 0 Å². The summed E-state index contributed by atoms with van der Waals surface area (Å²) in [5.41, 5.74) is 0.452. The van der Waals surface area contributed by atoms with Crippen LogP contribution in [-0.4, -0.2) is 31.2 Å². The summed E-state index contributed by atoms with van der Waals surface area (Å²) in [6.45, 7) is 2.77. The van der Waals surface area contributed by atoms with Gasteiger partial charge in [-0.05, 0) is 48.1 Å². The zero-order chi connectivity index (χ0) is 15.9. The number of anilines is 1. The molecule has 0 radical (unpaired) electrons. The number of tetrazole rings is 1. The third-order valence-corrected chi connectivity index (χ3v) is 3.18. The first-order chi connectivity index (χ1) is 10.6. The van der Waals surface area contributed by atoms with E-state index in [0.717, 1.165) is 12.8 Å². The maximum absolute atomic E-state index is 12.0. The van der Waals surface area contributed by atoms with Gasteiger partial charge >= 0.3 is 0 Å². The number of aromatic nitrogens is 4. The smallest absolute Gasteiger partial charge is 0.269 e. The topological polar surface area (TPSA) is 84.7 Å². The Labute approximate surface area is 138 Å². The average molecular weight is 339 g/mol. The molecule has 0 aliphatic rings. The predicted octanol–water partition coefficient (Wildman–Crippen LogP) is 2.25. The van der Waals surface area contributed by atoms with Crippen LogP contribution in [0.25, 0.3) is 0 Å². The number of nitrogens with zero attached hydrogens (tertiary/aromatic N) is 4. The number of amides is 1. The molecular formula is C13H15ClN6OS. The highest BCUT2D eigenvalue weighted by molar-refractivity contribution is 7.80. The Morgan fingerprint density at radius 2 is 2.09 bits per heavy atom. The van der Waals surface area contributed by atoms with E-state index in [0.29, 0.717) is 17.1 Å². The number of aryl methyl sites for hydroxylation is 1. The van der Waals surface area contributed by atoms with Crippen LogP contribution in [0.5, 0.6) is 0 Å². The van der Waals surface area contributed by atoms with Gasteiger partial charge in [-0.15, -0.1) is 5.10 Å². The summed E-state index contributed by atoms with van der Waals surface area (Å²) in [4.78, 5) is 13.4. The van der Waals surface area contributed by atoms with Gasteiger partial charge in [0.1, 0.15) is 0 Å². The number of unbranched alkanes of at least 4 members (excludes halogenated alkanes) is 1. The van der Waals surface area contributed by atoms with E-state index in [1.807, 2.05) is 0 Å². The van der Waals surface area contributed by atoms with Crippen molar-refractivity contribution in [3.05, 3.63) is 34.9 Å².